The van der Waals surface area contributed by atoms with Crippen molar-refractivity contribution >= 4 is 5.91 Å². The Labute approximate surface area is 123 Å². The van der Waals surface area contributed by atoms with Crippen molar-refractivity contribution < 1.29 is 4.79 Å². The highest BCUT2D eigenvalue weighted by atomic mass is 16.1. The van der Waals surface area contributed by atoms with Gasteiger partial charge in [-0.05, 0) is 57.9 Å². The molecule has 0 aromatic carbocycles. The number of hydrogen-bond acceptors (Lipinski definition) is 3. The highest BCUT2D eigenvalue weighted by Crippen LogP contribution is 2.36. The quantitative estimate of drug-likeness (QED) is 0.828. The van der Waals surface area contributed by atoms with Gasteiger partial charge in [-0.25, -0.2) is 0 Å². The molecular weight excluding hydrogens is 250 g/mol. The van der Waals surface area contributed by atoms with Crippen LogP contribution in [0.25, 0.3) is 0 Å². The normalized spacial score (nSPS) is 43.4. The largest absolute Gasteiger partial charge is 0.368 e. The molecule has 0 radical (unpaired) electrons. The number of nitrogens with one attached hydrogen (secondary N) is 1. The Hall–Kier alpha value is -0.610. The van der Waals surface area contributed by atoms with E-state index in [9.17, 15) is 4.79 Å². The molecule has 1 aliphatic heterocycles. The summed E-state index contributed by atoms with van der Waals surface area (Å²) in [6, 6.07) is 1.10. The zero-order chi connectivity index (χ0) is 14.9. The van der Waals surface area contributed by atoms with Gasteiger partial charge in [-0.3, -0.25) is 9.69 Å². The second-order valence-electron chi connectivity index (χ2n) is 7.20. The Morgan fingerprint density at radius 3 is 2.65 bits per heavy atom. The van der Waals surface area contributed by atoms with Gasteiger partial charge in [-0.15, -0.1) is 0 Å². The van der Waals surface area contributed by atoms with Crippen LogP contribution >= 0.6 is 0 Å². The standard InChI is InChI=1S/C16H31N3O/c1-11-8-12(2)13(3)19(10-11)14-6-5-7-16(9-14,18-4)15(17)20/h11-14,18H,5-10H2,1-4H3,(H2,17,20). The fourth-order valence-corrected chi connectivity index (χ4v) is 4.34. The molecule has 2 aliphatic rings. The van der Waals surface area contributed by atoms with Crippen LogP contribution in [0.3, 0.4) is 0 Å². The van der Waals surface area contributed by atoms with Crippen LogP contribution < -0.4 is 11.1 Å². The summed E-state index contributed by atoms with van der Waals surface area (Å²) in [5.41, 5.74) is 5.18. The molecule has 1 amide bonds. The highest BCUT2D eigenvalue weighted by molar-refractivity contribution is 5.84. The van der Waals surface area contributed by atoms with Gasteiger partial charge >= 0.3 is 0 Å². The fraction of sp³-hybridized carbons (Fsp3) is 0.938. The number of piperidine rings is 1. The van der Waals surface area contributed by atoms with Crippen molar-refractivity contribution in [3.8, 4) is 0 Å². The lowest BCUT2D eigenvalue weighted by Crippen LogP contribution is -2.61. The van der Waals surface area contributed by atoms with Gasteiger partial charge in [0.1, 0.15) is 0 Å². The van der Waals surface area contributed by atoms with E-state index in [0.717, 1.165) is 37.6 Å². The van der Waals surface area contributed by atoms with Crippen LogP contribution in [0, 0.1) is 11.8 Å². The summed E-state index contributed by atoms with van der Waals surface area (Å²) >= 11 is 0. The van der Waals surface area contributed by atoms with Gasteiger partial charge in [0.15, 0.2) is 0 Å². The molecule has 5 unspecified atom stereocenters. The molecule has 2 rings (SSSR count). The molecule has 1 aliphatic carbocycles. The third kappa shape index (κ3) is 2.86. The molecule has 20 heavy (non-hydrogen) atoms. The van der Waals surface area contributed by atoms with Crippen molar-refractivity contribution in [2.24, 2.45) is 17.6 Å². The van der Waals surface area contributed by atoms with Gasteiger partial charge in [0.05, 0.1) is 5.54 Å². The highest BCUT2D eigenvalue weighted by Gasteiger charge is 2.44. The second-order valence-corrected chi connectivity index (χ2v) is 7.20. The molecule has 2 fully saturated rings. The summed E-state index contributed by atoms with van der Waals surface area (Å²) in [4.78, 5) is 14.5. The average Bonchev–Trinajstić information content (AvgIpc) is 2.42. The summed E-state index contributed by atoms with van der Waals surface area (Å²) in [7, 11) is 1.87. The number of likely N-dealkylation sites (N-methyl/N-ethyl adjacent to an activating group) is 1. The smallest absolute Gasteiger partial charge is 0.237 e. The van der Waals surface area contributed by atoms with Crippen LogP contribution in [0.5, 0.6) is 0 Å². The fourth-order valence-electron chi connectivity index (χ4n) is 4.34. The van der Waals surface area contributed by atoms with Crippen molar-refractivity contribution in [3.63, 3.8) is 0 Å². The maximum Gasteiger partial charge on any atom is 0.237 e. The first-order chi connectivity index (χ1) is 9.39. The van der Waals surface area contributed by atoms with Crippen LogP contribution in [0.2, 0.25) is 0 Å². The zero-order valence-corrected chi connectivity index (χ0v) is 13.5. The van der Waals surface area contributed by atoms with E-state index in [0.29, 0.717) is 12.1 Å². The third-order valence-electron chi connectivity index (χ3n) is 5.79. The lowest BCUT2D eigenvalue weighted by Gasteiger charge is -2.49. The van der Waals surface area contributed by atoms with Crippen molar-refractivity contribution in [1.29, 1.82) is 0 Å². The molecule has 0 aromatic heterocycles. The molecule has 0 bridgehead atoms. The number of primary amides is 1. The minimum atomic E-state index is -0.493. The van der Waals surface area contributed by atoms with Gasteiger partial charge in [-0.1, -0.05) is 13.8 Å². The predicted molar refractivity (Wildman–Crippen MR) is 82.4 cm³/mol. The molecule has 0 aromatic rings. The maximum absolute atomic E-state index is 11.9. The zero-order valence-electron chi connectivity index (χ0n) is 13.5. The molecule has 116 valence electrons. The van der Waals surface area contributed by atoms with Crippen molar-refractivity contribution in [2.75, 3.05) is 13.6 Å². The number of rotatable bonds is 3. The van der Waals surface area contributed by atoms with Crippen molar-refractivity contribution in [3.05, 3.63) is 0 Å². The minimum absolute atomic E-state index is 0.185. The SMILES string of the molecule is CNC1(C(N)=O)CCCC(N2CC(C)CC(C)C2C)C1. The van der Waals surface area contributed by atoms with Crippen molar-refractivity contribution in [1.82, 2.24) is 10.2 Å². The molecule has 5 atom stereocenters. The number of nitrogens with two attached hydrogens (primary N) is 1. The predicted octanol–water partition coefficient (Wildman–Crippen LogP) is 1.74. The number of carbonyl (C=O) groups excluding carboxylic acids is 1. The molecule has 1 saturated heterocycles. The summed E-state index contributed by atoms with van der Waals surface area (Å²) < 4.78 is 0. The Kier molecular flexibility index (Phi) is 4.75. The first-order valence-corrected chi connectivity index (χ1v) is 8.14. The van der Waals surface area contributed by atoms with Crippen LogP contribution in [-0.4, -0.2) is 42.0 Å². The average molecular weight is 281 g/mol. The van der Waals surface area contributed by atoms with E-state index >= 15 is 0 Å². The van der Waals surface area contributed by atoms with Crippen LogP contribution in [-0.2, 0) is 4.79 Å². The summed E-state index contributed by atoms with van der Waals surface area (Å²) in [5, 5.41) is 3.22. The van der Waals surface area contributed by atoms with E-state index in [-0.39, 0.29) is 5.91 Å². The first kappa shape index (κ1) is 15.8. The van der Waals surface area contributed by atoms with Gasteiger partial charge in [0, 0.05) is 18.6 Å². The van der Waals surface area contributed by atoms with E-state index in [1.54, 1.807) is 0 Å². The summed E-state index contributed by atoms with van der Waals surface area (Å²) in [6.07, 6.45) is 5.34. The minimum Gasteiger partial charge on any atom is -0.368 e. The van der Waals surface area contributed by atoms with E-state index in [2.05, 4.69) is 31.0 Å². The van der Waals surface area contributed by atoms with E-state index in [4.69, 9.17) is 5.73 Å². The maximum atomic E-state index is 11.9. The number of amides is 1. The number of hydrogen-bond donors (Lipinski definition) is 2. The van der Waals surface area contributed by atoms with Gasteiger partial charge < -0.3 is 11.1 Å². The van der Waals surface area contributed by atoms with E-state index in [1.165, 1.54) is 12.8 Å². The molecule has 4 heteroatoms. The number of carbonyl (C=O) groups is 1. The van der Waals surface area contributed by atoms with E-state index < -0.39 is 5.54 Å². The molecule has 1 heterocycles. The van der Waals surface area contributed by atoms with Crippen molar-refractivity contribution in [2.45, 2.75) is 70.5 Å². The Bertz CT molecular complexity index is 360. The van der Waals surface area contributed by atoms with Gasteiger partial charge in [0.2, 0.25) is 5.91 Å². The Balaban J connectivity index is 2.13. The Morgan fingerprint density at radius 2 is 2.05 bits per heavy atom. The monoisotopic (exact) mass is 281 g/mol. The molecule has 1 saturated carbocycles. The molecule has 4 nitrogen and oxygen atoms in total. The summed E-state index contributed by atoms with van der Waals surface area (Å²) in [5.74, 6) is 1.30. The molecular formula is C16H31N3O. The summed E-state index contributed by atoms with van der Waals surface area (Å²) in [6.45, 7) is 8.21. The molecule has 0 spiro atoms. The topological polar surface area (TPSA) is 58.4 Å². The third-order valence-corrected chi connectivity index (χ3v) is 5.79. The lowest BCUT2D eigenvalue weighted by atomic mass is 9.75. The second kappa shape index (κ2) is 6.02. The first-order valence-electron chi connectivity index (χ1n) is 8.14. The van der Waals surface area contributed by atoms with Gasteiger partial charge in [0.25, 0.3) is 0 Å². The Morgan fingerprint density at radius 1 is 1.35 bits per heavy atom. The van der Waals surface area contributed by atoms with E-state index in [1.807, 2.05) is 7.05 Å². The van der Waals surface area contributed by atoms with Crippen LogP contribution in [0.15, 0.2) is 0 Å². The number of nitrogens with zero attached hydrogens (tertiary/aromatic N) is 1. The lowest BCUT2D eigenvalue weighted by molar-refractivity contribution is -0.127. The van der Waals surface area contributed by atoms with Crippen LogP contribution in [0.1, 0.15) is 52.9 Å². The van der Waals surface area contributed by atoms with Crippen LogP contribution in [0.4, 0.5) is 0 Å². The molecule has 3 N–H and O–H groups in total. The van der Waals surface area contributed by atoms with Gasteiger partial charge in [-0.2, -0.15) is 0 Å². The number of likely N-dealkylation sites (tertiary alicyclic amines) is 1.